The van der Waals surface area contributed by atoms with Crippen molar-refractivity contribution in [1.29, 1.82) is 0 Å². The van der Waals surface area contributed by atoms with Crippen LogP contribution in [0.2, 0.25) is 0 Å². The number of aryl methyl sites for hydroxylation is 2. The molecule has 0 radical (unpaired) electrons. The molecule has 2 aliphatic heterocycles. The van der Waals surface area contributed by atoms with Crippen molar-refractivity contribution in [3.8, 4) is 0 Å². The van der Waals surface area contributed by atoms with E-state index >= 15 is 0 Å². The average molecular weight is 519 g/mol. The molecule has 0 aromatic carbocycles. The minimum Gasteiger partial charge on any atom is -0.478 e. The van der Waals surface area contributed by atoms with Gasteiger partial charge in [0.25, 0.3) is 0 Å². The first-order chi connectivity index (χ1) is 17.9. The lowest BCUT2D eigenvalue weighted by Gasteiger charge is -2.17. The van der Waals surface area contributed by atoms with Gasteiger partial charge in [-0.3, -0.25) is 4.98 Å². The third-order valence-electron chi connectivity index (χ3n) is 7.80. The number of aromatic carboxylic acids is 1. The molecule has 8 bridgehead atoms. The van der Waals surface area contributed by atoms with E-state index in [1.165, 1.54) is 0 Å². The average Bonchev–Trinajstić information content (AvgIpc) is 3.48. The number of nitrogens with one attached hydrogen (secondary N) is 2. The fourth-order valence-electron chi connectivity index (χ4n) is 5.41. The van der Waals surface area contributed by atoms with Crippen LogP contribution in [0.5, 0.6) is 0 Å². The van der Waals surface area contributed by atoms with Gasteiger partial charge in [0.05, 0.1) is 34.1 Å². The van der Waals surface area contributed by atoms with E-state index in [9.17, 15) is 30.3 Å². The molecule has 0 fully saturated rings. The molecule has 0 saturated carbocycles. The van der Waals surface area contributed by atoms with Crippen molar-refractivity contribution >= 4 is 39.2 Å². The number of allylic oxidation sites excluding steroid dienone is 2. The molecule has 198 valence electrons. The van der Waals surface area contributed by atoms with Crippen LogP contribution in [0.25, 0.3) is 33.2 Å². The molecule has 2 aliphatic rings. The normalized spacial score (nSPS) is 17.7. The van der Waals surface area contributed by atoms with Crippen LogP contribution in [0.4, 0.5) is 0 Å². The summed E-state index contributed by atoms with van der Waals surface area (Å²) in [7, 11) is 0. The van der Waals surface area contributed by atoms with E-state index in [1.807, 2.05) is 13.8 Å². The van der Waals surface area contributed by atoms with Crippen LogP contribution in [-0.4, -0.2) is 57.7 Å². The fourth-order valence-corrected chi connectivity index (χ4v) is 5.41. The van der Waals surface area contributed by atoms with Crippen LogP contribution in [0.15, 0.2) is 24.3 Å². The lowest BCUT2D eigenvalue weighted by atomic mass is 9.90. The van der Waals surface area contributed by atoms with Gasteiger partial charge in [-0.15, -0.1) is 0 Å². The maximum Gasteiger partial charge on any atom is 0.338 e. The van der Waals surface area contributed by atoms with E-state index < -0.39 is 30.4 Å². The summed E-state index contributed by atoms with van der Waals surface area (Å²) in [6.07, 6.45) is -3.50. The molecule has 10 heteroatoms. The Bertz CT molecular complexity index is 1680. The number of fused-ring (bicyclic) bond motifs is 8. The predicted octanol–water partition coefficient (Wildman–Crippen LogP) is 3.76. The number of hydrogen-bond donors (Lipinski definition) is 7. The highest BCUT2D eigenvalue weighted by molar-refractivity contribution is 6.01. The summed E-state index contributed by atoms with van der Waals surface area (Å²) in [6, 6.07) is 6.82. The SMILES string of the molecule is CC1=C(C)c2cc3[nH]c(cc4nc(cc5[nH]c(cc1n2)c(C)c5C(O)O)C(C(O)O)C4C)c(C)c3C(=O)O. The van der Waals surface area contributed by atoms with Crippen LogP contribution in [-0.2, 0) is 0 Å². The summed E-state index contributed by atoms with van der Waals surface area (Å²) in [5.41, 5.74) is 7.32. The lowest BCUT2D eigenvalue weighted by molar-refractivity contribution is -0.0638. The molecule has 0 saturated heterocycles. The first-order valence-corrected chi connectivity index (χ1v) is 12.3. The number of aliphatic hydroxyl groups excluding tert-OH is 2. The number of aromatic nitrogens is 4. The number of H-pyrrole nitrogens is 2. The molecule has 0 amide bonds. The van der Waals surface area contributed by atoms with Gasteiger partial charge < -0.3 is 35.5 Å². The Balaban J connectivity index is 2.00. The monoisotopic (exact) mass is 518 g/mol. The zero-order valence-electron chi connectivity index (χ0n) is 21.7. The number of carbonyl (C=O) groups is 1. The quantitative estimate of drug-likeness (QED) is 0.256. The highest BCUT2D eigenvalue weighted by atomic mass is 16.5. The van der Waals surface area contributed by atoms with Crippen molar-refractivity contribution in [3.05, 3.63) is 69.3 Å². The molecular weight excluding hydrogens is 488 g/mol. The van der Waals surface area contributed by atoms with Crippen molar-refractivity contribution in [2.24, 2.45) is 0 Å². The van der Waals surface area contributed by atoms with Crippen molar-refractivity contribution in [2.75, 3.05) is 0 Å². The van der Waals surface area contributed by atoms with Crippen molar-refractivity contribution in [2.45, 2.75) is 59.0 Å². The molecule has 2 unspecified atom stereocenters. The maximum absolute atomic E-state index is 12.2. The van der Waals surface area contributed by atoms with E-state index in [-0.39, 0.29) is 11.1 Å². The topological polar surface area (TPSA) is 176 Å². The van der Waals surface area contributed by atoms with Gasteiger partial charge in [0.15, 0.2) is 12.6 Å². The number of carboxylic acids is 1. The van der Waals surface area contributed by atoms with Crippen LogP contribution in [0, 0.1) is 13.8 Å². The number of aliphatic hydroxyl groups is 4. The van der Waals surface area contributed by atoms with Gasteiger partial charge in [0.1, 0.15) is 0 Å². The number of hydrogen-bond acceptors (Lipinski definition) is 7. The summed E-state index contributed by atoms with van der Waals surface area (Å²) in [6.45, 7) is 9.11. The zero-order valence-corrected chi connectivity index (χ0v) is 21.7. The van der Waals surface area contributed by atoms with Gasteiger partial charge in [-0.25, -0.2) is 9.78 Å². The highest BCUT2D eigenvalue weighted by Gasteiger charge is 2.34. The third-order valence-corrected chi connectivity index (χ3v) is 7.80. The summed E-state index contributed by atoms with van der Waals surface area (Å²) in [5, 5.41) is 50.8. The second-order valence-corrected chi connectivity index (χ2v) is 10.0. The minimum absolute atomic E-state index is 0.123. The molecule has 7 N–H and O–H groups in total. The Morgan fingerprint density at radius 3 is 1.92 bits per heavy atom. The van der Waals surface area contributed by atoms with Gasteiger partial charge >= 0.3 is 5.97 Å². The highest BCUT2D eigenvalue weighted by Crippen LogP contribution is 2.39. The fraction of sp³-hybridized carbons (Fsp3) is 0.321. The van der Waals surface area contributed by atoms with E-state index in [2.05, 4.69) is 15.0 Å². The first-order valence-electron chi connectivity index (χ1n) is 12.3. The van der Waals surface area contributed by atoms with Gasteiger partial charge in [-0.1, -0.05) is 6.92 Å². The summed E-state index contributed by atoms with van der Waals surface area (Å²) >= 11 is 0. The molecule has 5 heterocycles. The molecule has 10 nitrogen and oxygen atoms in total. The van der Waals surface area contributed by atoms with Crippen molar-refractivity contribution < 1.29 is 30.3 Å². The second kappa shape index (κ2) is 9.17. The largest absolute Gasteiger partial charge is 0.478 e. The number of rotatable bonds is 3. The summed E-state index contributed by atoms with van der Waals surface area (Å²) < 4.78 is 0. The zero-order chi connectivity index (χ0) is 27.6. The van der Waals surface area contributed by atoms with Gasteiger partial charge in [0.2, 0.25) is 0 Å². The van der Waals surface area contributed by atoms with E-state index in [0.29, 0.717) is 56.0 Å². The first kappa shape index (κ1) is 25.8. The van der Waals surface area contributed by atoms with Crippen LogP contribution < -0.4 is 0 Å². The Labute approximate surface area is 218 Å². The molecule has 2 atom stereocenters. The predicted molar refractivity (Wildman–Crippen MR) is 142 cm³/mol. The van der Waals surface area contributed by atoms with Crippen LogP contribution in [0.1, 0.15) is 88.7 Å². The maximum atomic E-state index is 12.2. The molecule has 0 spiro atoms. The number of aromatic amines is 2. The number of nitrogens with zero attached hydrogens (tertiary/aromatic N) is 2. The second-order valence-electron chi connectivity index (χ2n) is 10.0. The standard InChI is InChI=1S/C28H30N4O6/c1-10-11(2)16-8-20-23(26(33)34)13(4)18(30-20)7-19-14(5)25(28(37)38)22(32-19)9-21-24(27(35)36)12(3)17(31-21)6-15(10)29-16/h6-9,14,25,27-28,30-31,35-38H,1-5H3,(H,33,34). The molecule has 38 heavy (non-hydrogen) atoms. The van der Waals surface area contributed by atoms with Gasteiger partial charge in [0, 0.05) is 33.7 Å². The van der Waals surface area contributed by atoms with Gasteiger partial charge in [-0.05, 0) is 74.2 Å². The molecule has 0 aliphatic carbocycles. The Morgan fingerprint density at radius 1 is 0.789 bits per heavy atom. The van der Waals surface area contributed by atoms with Crippen LogP contribution >= 0.6 is 0 Å². The molecular formula is C28H30N4O6. The Morgan fingerprint density at radius 2 is 1.34 bits per heavy atom. The summed E-state index contributed by atoms with van der Waals surface area (Å²) in [4.78, 5) is 28.1. The Kier molecular flexibility index (Phi) is 6.23. The van der Waals surface area contributed by atoms with Crippen molar-refractivity contribution in [3.63, 3.8) is 0 Å². The van der Waals surface area contributed by atoms with E-state index in [1.54, 1.807) is 45.0 Å². The van der Waals surface area contributed by atoms with Gasteiger partial charge in [-0.2, -0.15) is 0 Å². The Hall–Kier alpha value is -3.83. The van der Waals surface area contributed by atoms with Crippen LogP contribution in [0.3, 0.4) is 0 Å². The number of carboxylic acid groups (broad SMARTS) is 1. The van der Waals surface area contributed by atoms with E-state index in [0.717, 1.165) is 11.1 Å². The van der Waals surface area contributed by atoms with Crippen molar-refractivity contribution in [1.82, 2.24) is 19.9 Å². The minimum atomic E-state index is -1.78. The van der Waals surface area contributed by atoms with E-state index in [4.69, 9.17) is 4.98 Å². The smallest absolute Gasteiger partial charge is 0.338 e. The molecule has 3 aromatic heterocycles. The summed E-state index contributed by atoms with van der Waals surface area (Å²) in [5.74, 6) is -2.29. The molecule has 5 rings (SSSR count). The molecule has 3 aromatic rings. The third kappa shape index (κ3) is 4.02. The lowest BCUT2D eigenvalue weighted by Crippen LogP contribution is -2.19.